The third-order valence-electron chi connectivity index (χ3n) is 3.36. The van der Waals surface area contributed by atoms with Gasteiger partial charge >= 0.3 is 5.97 Å². The Balaban J connectivity index is 1.91. The number of carbonyl (C=O) groups is 1. The van der Waals surface area contributed by atoms with E-state index < -0.39 is 22.5 Å². The molecule has 7 nitrogen and oxygen atoms in total. The van der Waals surface area contributed by atoms with Crippen molar-refractivity contribution in [2.24, 2.45) is 0 Å². The van der Waals surface area contributed by atoms with Crippen LogP contribution in [-0.4, -0.2) is 27.5 Å². The van der Waals surface area contributed by atoms with Gasteiger partial charge in [0.25, 0.3) is 0 Å². The largest absolute Gasteiger partial charge is 0.493 e. The molecule has 0 amide bonds. The van der Waals surface area contributed by atoms with E-state index in [-0.39, 0.29) is 11.5 Å². The van der Waals surface area contributed by atoms with Crippen LogP contribution in [0.2, 0.25) is 0 Å². The average molecular weight is 374 g/mol. The van der Waals surface area contributed by atoms with Crippen molar-refractivity contribution in [2.75, 3.05) is 13.2 Å². The molecule has 0 aromatic heterocycles. The highest BCUT2D eigenvalue weighted by molar-refractivity contribution is 7.89. The molecule has 0 radical (unpaired) electrons. The molecule has 0 aliphatic rings. The predicted molar refractivity (Wildman–Crippen MR) is 93.8 cm³/mol. The Labute approximate surface area is 152 Å². The summed E-state index contributed by atoms with van der Waals surface area (Å²) >= 11 is 0. The minimum atomic E-state index is -3.86. The van der Waals surface area contributed by atoms with Crippen LogP contribution in [-0.2, 0) is 26.2 Å². The lowest BCUT2D eigenvalue weighted by molar-refractivity contribution is -0.143. The summed E-state index contributed by atoms with van der Waals surface area (Å²) in [4.78, 5) is 11.8. The molecule has 136 valence electrons. The van der Waals surface area contributed by atoms with E-state index in [1.165, 1.54) is 24.3 Å². The quantitative estimate of drug-likeness (QED) is 0.708. The molecule has 26 heavy (non-hydrogen) atoms. The van der Waals surface area contributed by atoms with Crippen LogP contribution in [0.5, 0.6) is 5.75 Å². The van der Waals surface area contributed by atoms with Gasteiger partial charge in [-0.05, 0) is 37.3 Å². The topological polar surface area (TPSA) is 105 Å². The number of ether oxygens (including phenoxy) is 2. The van der Waals surface area contributed by atoms with E-state index in [9.17, 15) is 13.2 Å². The minimum absolute atomic E-state index is 0.0202. The maximum absolute atomic E-state index is 12.1. The maximum atomic E-state index is 12.1. The molecule has 0 saturated heterocycles. The summed E-state index contributed by atoms with van der Waals surface area (Å²) in [6.07, 6.45) is 0. The standard InChI is InChI=1S/C18H18N2O5S/c1-2-24-17-6-4-3-5-15(17)13-25-18(21)12-20-26(22,23)16-9-7-14(11-19)8-10-16/h3-10,20H,2,12-13H2,1H3. The number of nitrogens with one attached hydrogen (secondary N) is 1. The van der Waals surface area contributed by atoms with Crippen molar-refractivity contribution in [1.29, 1.82) is 5.26 Å². The monoisotopic (exact) mass is 374 g/mol. The molecule has 2 rings (SSSR count). The number of benzene rings is 2. The number of esters is 1. The Hall–Kier alpha value is -2.89. The number of nitrogens with zero attached hydrogens (tertiary/aromatic N) is 1. The number of rotatable bonds is 8. The summed E-state index contributed by atoms with van der Waals surface area (Å²) < 4.78 is 37.0. The zero-order valence-electron chi connectivity index (χ0n) is 14.1. The van der Waals surface area contributed by atoms with E-state index in [1.807, 2.05) is 19.1 Å². The van der Waals surface area contributed by atoms with E-state index in [0.717, 1.165) is 0 Å². The Morgan fingerprint density at radius 1 is 1.15 bits per heavy atom. The first-order chi connectivity index (χ1) is 12.5. The van der Waals surface area contributed by atoms with Crippen molar-refractivity contribution < 1.29 is 22.7 Å². The number of carbonyl (C=O) groups excluding carboxylic acids is 1. The fourth-order valence-electron chi connectivity index (χ4n) is 2.07. The number of hydrogen-bond acceptors (Lipinski definition) is 6. The van der Waals surface area contributed by atoms with Crippen LogP contribution in [0.3, 0.4) is 0 Å². The molecule has 0 unspecified atom stereocenters. The molecule has 0 aliphatic carbocycles. The van der Waals surface area contributed by atoms with Crippen LogP contribution < -0.4 is 9.46 Å². The normalized spacial score (nSPS) is 10.8. The molecule has 2 aromatic rings. The molecular formula is C18H18N2O5S. The van der Waals surface area contributed by atoms with E-state index >= 15 is 0 Å². The Morgan fingerprint density at radius 2 is 1.85 bits per heavy atom. The summed E-state index contributed by atoms with van der Waals surface area (Å²) in [7, 11) is -3.86. The first-order valence-corrected chi connectivity index (χ1v) is 9.30. The van der Waals surface area contributed by atoms with Crippen molar-refractivity contribution in [3.8, 4) is 11.8 Å². The fraction of sp³-hybridized carbons (Fsp3) is 0.222. The second-order valence-corrected chi connectivity index (χ2v) is 6.93. The molecule has 0 heterocycles. The zero-order valence-corrected chi connectivity index (χ0v) is 15.0. The van der Waals surface area contributed by atoms with Gasteiger partial charge in [0.15, 0.2) is 0 Å². The van der Waals surface area contributed by atoms with Crippen LogP contribution in [0.25, 0.3) is 0 Å². The first kappa shape index (κ1) is 19.4. The highest BCUT2D eigenvalue weighted by atomic mass is 32.2. The third-order valence-corrected chi connectivity index (χ3v) is 4.78. The minimum Gasteiger partial charge on any atom is -0.493 e. The number of hydrogen-bond donors (Lipinski definition) is 1. The number of nitriles is 1. The van der Waals surface area contributed by atoms with Crippen molar-refractivity contribution in [3.05, 3.63) is 59.7 Å². The number of sulfonamides is 1. The number of para-hydroxylation sites is 1. The highest BCUT2D eigenvalue weighted by Gasteiger charge is 2.16. The van der Waals surface area contributed by atoms with Gasteiger partial charge in [-0.25, -0.2) is 8.42 Å². The zero-order chi connectivity index (χ0) is 19.0. The lowest BCUT2D eigenvalue weighted by Crippen LogP contribution is -2.30. The summed E-state index contributed by atoms with van der Waals surface area (Å²) in [5.41, 5.74) is 1.04. The summed E-state index contributed by atoms with van der Waals surface area (Å²) in [5.74, 6) is -0.102. The maximum Gasteiger partial charge on any atom is 0.321 e. The molecule has 1 N–H and O–H groups in total. The van der Waals surface area contributed by atoms with Crippen molar-refractivity contribution in [2.45, 2.75) is 18.4 Å². The second kappa shape index (κ2) is 8.99. The highest BCUT2D eigenvalue weighted by Crippen LogP contribution is 2.18. The van der Waals surface area contributed by atoms with E-state index in [4.69, 9.17) is 14.7 Å². The lowest BCUT2D eigenvalue weighted by Gasteiger charge is -2.11. The summed E-state index contributed by atoms with van der Waals surface area (Å²) in [5, 5.41) is 8.73. The fourth-order valence-corrected chi connectivity index (χ4v) is 3.04. The van der Waals surface area contributed by atoms with E-state index in [1.54, 1.807) is 18.2 Å². The average Bonchev–Trinajstić information content (AvgIpc) is 2.66. The van der Waals surface area contributed by atoms with Crippen molar-refractivity contribution in [3.63, 3.8) is 0 Å². The molecule has 0 atom stereocenters. The van der Waals surface area contributed by atoms with Crippen LogP contribution in [0.4, 0.5) is 0 Å². The SMILES string of the molecule is CCOc1ccccc1COC(=O)CNS(=O)(=O)c1ccc(C#N)cc1. The smallest absolute Gasteiger partial charge is 0.321 e. The van der Waals surface area contributed by atoms with Gasteiger partial charge in [-0.2, -0.15) is 9.98 Å². The van der Waals surface area contributed by atoms with Gasteiger partial charge in [0.2, 0.25) is 10.0 Å². The van der Waals surface area contributed by atoms with Gasteiger partial charge in [-0.15, -0.1) is 0 Å². The Bertz CT molecular complexity index is 902. The molecule has 8 heteroatoms. The lowest BCUT2D eigenvalue weighted by atomic mass is 10.2. The Morgan fingerprint density at radius 3 is 2.50 bits per heavy atom. The van der Waals surface area contributed by atoms with Gasteiger partial charge in [0.05, 0.1) is 23.1 Å². The molecular weight excluding hydrogens is 356 g/mol. The summed E-state index contributed by atoms with van der Waals surface area (Å²) in [6, 6.07) is 14.4. The van der Waals surface area contributed by atoms with Gasteiger partial charge < -0.3 is 9.47 Å². The molecule has 0 aliphatic heterocycles. The third kappa shape index (κ3) is 5.31. The molecule has 0 spiro atoms. The van der Waals surface area contributed by atoms with Crippen LogP contribution in [0.15, 0.2) is 53.4 Å². The van der Waals surface area contributed by atoms with Crippen LogP contribution >= 0.6 is 0 Å². The van der Waals surface area contributed by atoms with Crippen molar-refractivity contribution in [1.82, 2.24) is 4.72 Å². The van der Waals surface area contributed by atoms with Gasteiger partial charge in [-0.1, -0.05) is 18.2 Å². The summed E-state index contributed by atoms with van der Waals surface area (Å²) in [6.45, 7) is 1.81. The van der Waals surface area contributed by atoms with Gasteiger partial charge in [0.1, 0.15) is 18.9 Å². The molecule has 0 bridgehead atoms. The Kier molecular flexibility index (Phi) is 6.72. The molecule has 0 saturated carbocycles. The molecule has 0 fully saturated rings. The van der Waals surface area contributed by atoms with Gasteiger partial charge in [-0.3, -0.25) is 4.79 Å². The predicted octanol–water partition coefficient (Wildman–Crippen LogP) is 1.98. The first-order valence-electron chi connectivity index (χ1n) is 7.82. The van der Waals surface area contributed by atoms with E-state index in [2.05, 4.69) is 4.72 Å². The van der Waals surface area contributed by atoms with E-state index in [0.29, 0.717) is 23.5 Å². The molecule has 2 aromatic carbocycles. The van der Waals surface area contributed by atoms with Crippen molar-refractivity contribution >= 4 is 16.0 Å². The van der Waals surface area contributed by atoms with Crippen LogP contribution in [0.1, 0.15) is 18.1 Å². The van der Waals surface area contributed by atoms with Gasteiger partial charge in [0, 0.05) is 5.56 Å². The van der Waals surface area contributed by atoms with Crippen LogP contribution in [0, 0.1) is 11.3 Å². The second-order valence-electron chi connectivity index (χ2n) is 5.16.